The molecule has 0 bridgehead atoms. The Balaban J connectivity index is 2.24. The van der Waals surface area contributed by atoms with Gasteiger partial charge in [0, 0.05) is 19.1 Å². The minimum Gasteiger partial charge on any atom is -0.326 e. The van der Waals surface area contributed by atoms with Gasteiger partial charge in [-0.1, -0.05) is 0 Å². The first-order valence-electron chi connectivity index (χ1n) is 4.10. The fraction of sp³-hybridized carbons (Fsp3) is 0.875. The lowest BCUT2D eigenvalue weighted by atomic mass is 10.2. The maximum atomic E-state index is 8.55. The molecule has 2 atom stereocenters. The van der Waals surface area contributed by atoms with E-state index in [9.17, 15) is 0 Å². The predicted octanol–water partition coefficient (Wildman–Crippen LogP) is 0.179. The number of rotatable bonds is 2. The Bertz CT molecular complexity index is 161. The Kier molecular flexibility index (Phi) is 2.86. The fourth-order valence-electron chi connectivity index (χ4n) is 1.46. The van der Waals surface area contributed by atoms with Crippen LogP contribution in [0.1, 0.15) is 13.3 Å². The van der Waals surface area contributed by atoms with Gasteiger partial charge in [-0.25, -0.2) is 0 Å². The molecule has 0 saturated carbocycles. The van der Waals surface area contributed by atoms with Crippen molar-refractivity contribution in [2.24, 2.45) is 11.7 Å². The summed E-state index contributed by atoms with van der Waals surface area (Å²) in [5.74, 6) is 0.139. The van der Waals surface area contributed by atoms with Gasteiger partial charge in [0.1, 0.15) is 0 Å². The minimum absolute atomic E-state index is 0.139. The van der Waals surface area contributed by atoms with Crippen LogP contribution in [-0.2, 0) is 0 Å². The second-order valence-electron chi connectivity index (χ2n) is 3.34. The average Bonchev–Trinajstić information content (AvgIpc) is 2.35. The molecule has 0 spiro atoms. The normalized spacial score (nSPS) is 28.3. The third kappa shape index (κ3) is 2.49. The zero-order valence-electron chi connectivity index (χ0n) is 6.95. The first-order chi connectivity index (χ1) is 5.22. The molecule has 2 N–H and O–H groups in total. The van der Waals surface area contributed by atoms with E-state index >= 15 is 0 Å². The van der Waals surface area contributed by atoms with Crippen LogP contribution in [0.2, 0.25) is 0 Å². The van der Waals surface area contributed by atoms with Crippen molar-refractivity contribution in [2.75, 3.05) is 19.6 Å². The third-order valence-electron chi connectivity index (χ3n) is 2.06. The number of nitrogens with two attached hydrogens (primary N) is 1. The van der Waals surface area contributed by atoms with E-state index in [4.69, 9.17) is 11.0 Å². The number of hydrogen-bond acceptors (Lipinski definition) is 3. The Labute approximate surface area is 67.8 Å². The molecule has 0 amide bonds. The molecule has 0 aromatic carbocycles. The van der Waals surface area contributed by atoms with Crippen LogP contribution >= 0.6 is 0 Å². The number of likely N-dealkylation sites (tertiary alicyclic amines) is 1. The van der Waals surface area contributed by atoms with Crippen LogP contribution in [0.5, 0.6) is 0 Å². The van der Waals surface area contributed by atoms with Gasteiger partial charge in [-0.05, 0) is 19.9 Å². The van der Waals surface area contributed by atoms with Crippen molar-refractivity contribution in [2.45, 2.75) is 19.4 Å². The van der Waals surface area contributed by atoms with Gasteiger partial charge in [0.05, 0.1) is 12.0 Å². The van der Waals surface area contributed by atoms with Gasteiger partial charge in [0.15, 0.2) is 0 Å². The van der Waals surface area contributed by atoms with Crippen molar-refractivity contribution in [3.8, 4) is 6.07 Å². The van der Waals surface area contributed by atoms with Crippen molar-refractivity contribution in [1.82, 2.24) is 4.90 Å². The number of nitrogens with zero attached hydrogens (tertiary/aromatic N) is 2. The lowest BCUT2D eigenvalue weighted by Gasteiger charge is -2.15. The summed E-state index contributed by atoms with van der Waals surface area (Å²) in [4.78, 5) is 2.26. The summed E-state index contributed by atoms with van der Waals surface area (Å²) in [6.45, 7) is 4.85. The van der Waals surface area contributed by atoms with E-state index in [1.165, 1.54) is 0 Å². The first-order valence-corrected chi connectivity index (χ1v) is 4.10. The lowest BCUT2D eigenvalue weighted by molar-refractivity contribution is 0.310. The molecule has 0 radical (unpaired) electrons. The van der Waals surface area contributed by atoms with E-state index in [1.807, 2.05) is 6.92 Å². The molecule has 62 valence electrons. The Hall–Kier alpha value is -0.590. The molecule has 1 saturated heterocycles. The van der Waals surface area contributed by atoms with Crippen molar-refractivity contribution in [1.29, 1.82) is 5.26 Å². The van der Waals surface area contributed by atoms with E-state index in [0.29, 0.717) is 6.04 Å². The predicted molar refractivity (Wildman–Crippen MR) is 43.8 cm³/mol. The van der Waals surface area contributed by atoms with E-state index in [-0.39, 0.29) is 5.92 Å². The molecule has 1 heterocycles. The van der Waals surface area contributed by atoms with E-state index < -0.39 is 0 Å². The van der Waals surface area contributed by atoms with E-state index in [0.717, 1.165) is 26.1 Å². The summed E-state index contributed by atoms with van der Waals surface area (Å²) in [5, 5.41) is 8.55. The van der Waals surface area contributed by atoms with Crippen LogP contribution in [0.15, 0.2) is 0 Å². The smallest absolute Gasteiger partial charge is 0.0666 e. The molecule has 0 aliphatic carbocycles. The molecule has 1 aliphatic heterocycles. The number of hydrogen-bond donors (Lipinski definition) is 1. The highest BCUT2D eigenvalue weighted by molar-refractivity contribution is 4.85. The van der Waals surface area contributed by atoms with Crippen molar-refractivity contribution < 1.29 is 0 Å². The molecule has 1 fully saturated rings. The highest BCUT2D eigenvalue weighted by Gasteiger charge is 2.19. The topological polar surface area (TPSA) is 53.0 Å². The van der Waals surface area contributed by atoms with Crippen LogP contribution < -0.4 is 5.73 Å². The van der Waals surface area contributed by atoms with Gasteiger partial charge in [0.25, 0.3) is 0 Å². The van der Waals surface area contributed by atoms with E-state index in [2.05, 4.69) is 11.0 Å². The first kappa shape index (κ1) is 8.51. The molecule has 1 unspecified atom stereocenters. The van der Waals surface area contributed by atoms with Crippen LogP contribution in [0.4, 0.5) is 0 Å². The zero-order valence-corrected chi connectivity index (χ0v) is 6.95. The molecule has 1 rings (SSSR count). The zero-order chi connectivity index (χ0) is 8.27. The lowest BCUT2D eigenvalue weighted by Crippen LogP contribution is -2.29. The molecule has 0 aromatic rings. The summed E-state index contributed by atoms with van der Waals surface area (Å²) in [6.07, 6.45) is 1.08. The molecular weight excluding hydrogens is 138 g/mol. The van der Waals surface area contributed by atoms with Gasteiger partial charge in [0.2, 0.25) is 0 Å². The second-order valence-corrected chi connectivity index (χ2v) is 3.34. The van der Waals surface area contributed by atoms with Crippen LogP contribution in [0.3, 0.4) is 0 Å². The number of nitriles is 1. The molecule has 0 aromatic heterocycles. The van der Waals surface area contributed by atoms with E-state index in [1.54, 1.807) is 0 Å². The summed E-state index contributed by atoms with van der Waals surface area (Å²) in [7, 11) is 0. The highest BCUT2D eigenvalue weighted by atomic mass is 15.2. The molecule has 1 aliphatic rings. The average molecular weight is 153 g/mol. The Morgan fingerprint density at radius 1 is 1.82 bits per heavy atom. The maximum Gasteiger partial charge on any atom is 0.0666 e. The van der Waals surface area contributed by atoms with Crippen LogP contribution in [-0.4, -0.2) is 30.6 Å². The second kappa shape index (κ2) is 3.70. The van der Waals surface area contributed by atoms with Gasteiger partial charge in [-0.15, -0.1) is 0 Å². The molecule has 3 heteroatoms. The fourth-order valence-corrected chi connectivity index (χ4v) is 1.46. The van der Waals surface area contributed by atoms with Crippen LogP contribution in [0, 0.1) is 17.2 Å². The van der Waals surface area contributed by atoms with Crippen molar-refractivity contribution >= 4 is 0 Å². The van der Waals surface area contributed by atoms with Gasteiger partial charge in [-0.2, -0.15) is 5.26 Å². The third-order valence-corrected chi connectivity index (χ3v) is 2.06. The molecule has 3 nitrogen and oxygen atoms in total. The summed E-state index contributed by atoms with van der Waals surface area (Å²) < 4.78 is 0. The maximum absolute atomic E-state index is 8.55. The standard InChI is InChI=1S/C8H15N3/c1-7(4-9)5-11-3-2-8(10)6-11/h7-8H,2-3,5-6,10H2,1H3/t7?,8-/m0/s1. The van der Waals surface area contributed by atoms with Gasteiger partial charge < -0.3 is 10.6 Å². The highest BCUT2D eigenvalue weighted by Crippen LogP contribution is 2.08. The van der Waals surface area contributed by atoms with Gasteiger partial charge in [-0.3, -0.25) is 0 Å². The molecular formula is C8H15N3. The largest absolute Gasteiger partial charge is 0.326 e. The van der Waals surface area contributed by atoms with Gasteiger partial charge >= 0.3 is 0 Å². The van der Waals surface area contributed by atoms with Crippen LogP contribution in [0.25, 0.3) is 0 Å². The monoisotopic (exact) mass is 153 g/mol. The van der Waals surface area contributed by atoms with Crippen molar-refractivity contribution in [3.63, 3.8) is 0 Å². The quantitative estimate of drug-likeness (QED) is 0.615. The SMILES string of the molecule is CC(C#N)CN1CC[C@H](N)C1. The minimum atomic E-state index is 0.139. The molecule has 11 heavy (non-hydrogen) atoms. The Morgan fingerprint density at radius 2 is 2.55 bits per heavy atom. The summed E-state index contributed by atoms with van der Waals surface area (Å²) in [5.41, 5.74) is 5.72. The van der Waals surface area contributed by atoms with Crippen molar-refractivity contribution in [3.05, 3.63) is 0 Å². The summed E-state index contributed by atoms with van der Waals surface area (Å²) in [6, 6.07) is 2.56. The Morgan fingerprint density at radius 3 is 3.00 bits per heavy atom. The summed E-state index contributed by atoms with van der Waals surface area (Å²) >= 11 is 0.